The van der Waals surface area contributed by atoms with Gasteiger partial charge in [0.2, 0.25) is 0 Å². The highest BCUT2D eigenvalue weighted by Gasteiger charge is 2.19. The summed E-state index contributed by atoms with van der Waals surface area (Å²) in [6, 6.07) is 2.15. The number of nitrogens with one attached hydrogen (secondary N) is 1. The Morgan fingerprint density at radius 2 is 2.00 bits per heavy atom. The number of benzene rings is 1. The topological polar surface area (TPSA) is 30.5 Å². The van der Waals surface area contributed by atoms with Crippen molar-refractivity contribution in [1.82, 2.24) is 5.32 Å². The van der Waals surface area contributed by atoms with Crippen molar-refractivity contribution >= 4 is 0 Å². The van der Waals surface area contributed by atoms with Gasteiger partial charge >= 0.3 is 0 Å². The average molecular weight is 263 g/mol. The number of rotatable bonds is 4. The van der Waals surface area contributed by atoms with Crippen molar-refractivity contribution in [3.63, 3.8) is 0 Å². The predicted molar refractivity (Wildman–Crippen MR) is 78.3 cm³/mol. The number of ether oxygens (including phenoxy) is 2. The van der Waals surface area contributed by atoms with Gasteiger partial charge in [0.25, 0.3) is 0 Å². The van der Waals surface area contributed by atoms with Crippen molar-refractivity contribution in [2.45, 2.75) is 33.1 Å². The third-order valence-corrected chi connectivity index (χ3v) is 4.20. The van der Waals surface area contributed by atoms with Gasteiger partial charge in [-0.2, -0.15) is 0 Å². The fraction of sp³-hybridized carbons (Fsp3) is 0.625. The summed E-state index contributed by atoms with van der Waals surface area (Å²) in [5.41, 5.74) is 3.64. The van der Waals surface area contributed by atoms with Gasteiger partial charge in [-0.05, 0) is 74.9 Å². The minimum absolute atomic E-state index is 0.703. The molecule has 0 amide bonds. The van der Waals surface area contributed by atoms with E-state index in [0.717, 1.165) is 31.0 Å². The largest absolute Gasteiger partial charge is 0.496 e. The van der Waals surface area contributed by atoms with Gasteiger partial charge < -0.3 is 14.8 Å². The Balaban J connectivity index is 2.29. The Kier molecular flexibility index (Phi) is 4.70. The highest BCUT2D eigenvalue weighted by Crippen LogP contribution is 2.35. The molecule has 3 nitrogen and oxygen atoms in total. The molecule has 1 aliphatic heterocycles. The zero-order valence-electron chi connectivity index (χ0n) is 12.5. The molecule has 2 rings (SSSR count). The van der Waals surface area contributed by atoms with E-state index in [2.05, 4.69) is 25.2 Å². The quantitative estimate of drug-likeness (QED) is 0.906. The first-order valence-corrected chi connectivity index (χ1v) is 7.09. The minimum atomic E-state index is 0.703. The predicted octanol–water partition coefficient (Wildman–Crippen LogP) is 2.86. The average Bonchev–Trinajstić information content (AvgIpc) is 2.44. The molecule has 1 atom stereocenters. The number of hydrogen-bond acceptors (Lipinski definition) is 3. The molecule has 0 aromatic heterocycles. The fourth-order valence-corrected chi connectivity index (χ4v) is 2.99. The summed E-state index contributed by atoms with van der Waals surface area (Å²) in [6.45, 7) is 6.46. The van der Waals surface area contributed by atoms with E-state index >= 15 is 0 Å². The van der Waals surface area contributed by atoms with Gasteiger partial charge in [0, 0.05) is 0 Å². The second-order valence-corrected chi connectivity index (χ2v) is 5.44. The van der Waals surface area contributed by atoms with Gasteiger partial charge in [0.05, 0.1) is 14.2 Å². The Morgan fingerprint density at radius 3 is 2.58 bits per heavy atom. The summed E-state index contributed by atoms with van der Waals surface area (Å²) in [7, 11) is 3.50. The van der Waals surface area contributed by atoms with Crippen molar-refractivity contribution in [1.29, 1.82) is 0 Å². The van der Waals surface area contributed by atoms with E-state index in [1.54, 1.807) is 14.2 Å². The van der Waals surface area contributed by atoms with Crippen molar-refractivity contribution in [3.8, 4) is 11.5 Å². The fourth-order valence-electron chi connectivity index (χ4n) is 2.99. The van der Waals surface area contributed by atoms with E-state index in [0.29, 0.717) is 5.92 Å². The Labute approximate surface area is 116 Å². The van der Waals surface area contributed by atoms with Gasteiger partial charge in [-0.1, -0.05) is 0 Å². The normalized spacial score (nSPS) is 19.3. The standard InChI is InChI=1S/C16H25NO2/c1-11-12(2)16(19-4)14(9-15(11)18-3)8-13-6-5-7-17-10-13/h9,13,17H,5-8,10H2,1-4H3. The summed E-state index contributed by atoms with van der Waals surface area (Å²) in [5.74, 6) is 2.70. The number of methoxy groups -OCH3 is 2. The van der Waals surface area contributed by atoms with Crippen LogP contribution in [0.25, 0.3) is 0 Å². The van der Waals surface area contributed by atoms with Crippen LogP contribution in [0.15, 0.2) is 6.07 Å². The minimum Gasteiger partial charge on any atom is -0.496 e. The third kappa shape index (κ3) is 3.03. The molecule has 106 valence electrons. The molecule has 0 saturated carbocycles. The SMILES string of the molecule is COc1cc(CC2CCCNC2)c(OC)c(C)c1C. The molecule has 19 heavy (non-hydrogen) atoms. The Morgan fingerprint density at radius 1 is 1.21 bits per heavy atom. The molecule has 1 aromatic carbocycles. The second-order valence-electron chi connectivity index (χ2n) is 5.44. The smallest absolute Gasteiger partial charge is 0.125 e. The molecule has 1 heterocycles. The Hall–Kier alpha value is -1.22. The summed E-state index contributed by atoms with van der Waals surface area (Å²) in [5, 5.41) is 3.48. The maximum atomic E-state index is 5.62. The van der Waals surface area contributed by atoms with Crippen LogP contribution in [0.2, 0.25) is 0 Å². The van der Waals surface area contributed by atoms with E-state index in [4.69, 9.17) is 9.47 Å². The first-order chi connectivity index (χ1) is 9.17. The third-order valence-electron chi connectivity index (χ3n) is 4.20. The molecule has 3 heteroatoms. The van der Waals surface area contributed by atoms with Crippen LogP contribution in [0.1, 0.15) is 29.5 Å². The van der Waals surface area contributed by atoms with Crippen LogP contribution in [0, 0.1) is 19.8 Å². The number of hydrogen-bond donors (Lipinski definition) is 1. The van der Waals surface area contributed by atoms with Crippen LogP contribution < -0.4 is 14.8 Å². The van der Waals surface area contributed by atoms with E-state index in [1.165, 1.54) is 29.5 Å². The molecule has 1 fully saturated rings. The lowest BCUT2D eigenvalue weighted by atomic mass is 9.90. The number of piperidine rings is 1. The monoisotopic (exact) mass is 263 g/mol. The van der Waals surface area contributed by atoms with Gasteiger partial charge in [-0.3, -0.25) is 0 Å². The Bertz CT molecular complexity index is 437. The zero-order chi connectivity index (χ0) is 13.8. The summed E-state index contributed by atoms with van der Waals surface area (Å²) < 4.78 is 11.1. The van der Waals surface area contributed by atoms with E-state index < -0.39 is 0 Å². The lowest BCUT2D eigenvalue weighted by Crippen LogP contribution is -2.31. The van der Waals surface area contributed by atoms with Gasteiger partial charge in [0.1, 0.15) is 11.5 Å². The molecular formula is C16H25NO2. The lowest BCUT2D eigenvalue weighted by Gasteiger charge is -2.24. The first-order valence-electron chi connectivity index (χ1n) is 7.09. The summed E-state index contributed by atoms with van der Waals surface area (Å²) >= 11 is 0. The molecule has 1 aliphatic rings. The van der Waals surface area contributed by atoms with Crippen LogP contribution in [0.4, 0.5) is 0 Å². The van der Waals surface area contributed by atoms with E-state index in [1.807, 2.05) is 0 Å². The lowest BCUT2D eigenvalue weighted by molar-refractivity contribution is 0.360. The second kappa shape index (κ2) is 6.29. The van der Waals surface area contributed by atoms with Crippen LogP contribution in [-0.2, 0) is 6.42 Å². The van der Waals surface area contributed by atoms with Crippen molar-refractivity contribution in [2.75, 3.05) is 27.3 Å². The highest BCUT2D eigenvalue weighted by molar-refractivity contribution is 5.52. The molecule has 1 aromatic rings. The van der Waals surface area contributed by atoms with Crippen molar-refractivity contribution < 1.29 is 9.47 Å². The van der Waals surface area contributed by atoms with E-state index in [9.17, 15) is 0 Å². The molecular weight excluding hydrogens is 238 g/mol. The molecule has 1 unspecified atom stereocenters. The maximum absolute atomic E-state index is 5.62. The van der Waals surface area contributed by atoms with Gasteiger partial charge in [0.15, 0.2) is 0 Å². The van der Waals surface area contributed by atoms with E-state index in [-0.39, 0.29) is 0 Å². The van der Waals surface area contributed by atoms with Crippen LogP contribution in [0.5, 0.6) is 11.5 Å². The summed E-state index contributed by atoms with van der Waals surface area (Å²) in [4.78, 5) is 0. The molecule has 0 spiro atoms. The molecule has 0 bridgehead atoms. The molecule has 0 aliphatic carbocycles. The van der Waals surface area contributed by atoms with Crippen molar-refractivity contribution in [3.05, 3.63) is 22.8 Å². The first kappa shape index (κ1) is 14.2. The molecule has 0 radical (unpaired) electrons. The maximum Gasteiger partial charge on any atom is 0.125 e. The van der Waals surface area contributed by atoms with Gasteiger partial charge in [-0.15, -0.1) is 0 Å². The summed E-state index contributed by atoms with van der Waals surface area (Å²) in [6.07, 6.45) is 3.63. The molecule has 1 saturated heterocycles. The van der Waals surface area contributed by atoms with Crippen LogP contribution in [-0.4, -0.2) is 27.3 Å². The van der Waals surface area contributed by atoms with Crippen molar-refractivity contribution in [2.24, 2.45) is 5.92 Å². The molecule has 1 N–H and O–H groups in total. The van der Waals surface area contributed by atoms with Crippen LogP contribution in [0.3, 0.4) is 0 Å². The zero-order valence-corrected chi connectivity index (χ0v) is 12.5. The highest BCUT2D eigenvalue weighted by atomic mass is 16.5. The van der Waals surface area contributed by atoms with Gasteiger partial charge in [-0.25, -0.2) is 0 Å². The van der Waals surface area contributed by atoms with Crippen LogP contribution >= 0.6 is 0 Å².